The van der Waals surface area contributed by atoms with Gasteiger partial charge in [-0.1, -0.05) is 0 Å². The summed E-state index contributed by atoms with van der Waals surface area (Å²) >= 11 is 0. The van der Waals surface area contributed by atoms with Crippen LogP contribution in [0.4, 0.5) is 0 Å². The number of carbonyl (C=O) groups excluding carboxylic acids is 2. The van der Waals surface area contributed by atoms with Gasteiger partial charge in [0, 0.05) is 12.7 Å². The topological polar surface area (TPSA) is 71.1 Å². The van der Waals surface area contributed by atoms with Gasteiger partial charge in [-0.05, 0) is 19.1 Å². The summed E-state index contributed by atoms with van der Waals surface area (Å²) in [5.41, 5.74) is 0.708. The highest BCUT2D eigenvalue weighted by Gasteiger charge is 2.24. The molecule has 0 heterocycles. The Bertz CT molecular complexity index is 495. The standard InChI is InChI=1S/C14H18O6/c1-5-20-14(16)12(15)11-7-10(18-3)6-9(8-17-2)13(11)19-4/h6-7H,5,8H2,1-4H3. The molecule has 0 aliphatic carbocycles. The first kappa shape index (κ1) is 16.0. The predicted molar refractivity (Wildman–Crippen MR) is 71.2 cm³/mol. The van der Waals surface area contributed by atoms with E-state index in [-0.39, 0.29) is 24.5 Å². The maximum absolute atomic E-state index is 12.1. The van der Waals surface area contributed by atoms with Gasteiger partial charge in [-0.25, -0.2) is 4.79 Å². The average molecular weight is 282 g/mol. The molecule has 0 aromatic heterocycles. The lowest BCUT2D eigenvalue weighted by molar-refractivity contribution is -0.137. The lowest BCUT2D eigenvalue weighted by atomic mass is 10.0. The molecule has 6 nitrogen and oxygen atoms in total. The fraction of sp³-hybridized carbons (Fsp3) is 0.429. The van der Waals surface area contributed by atoms with Crippen molar-refractivity contribution in [1.29, 1.82) is 0 Å². The Hall–Kier alpha value is -2.08. The zero-order valence-corrected chi connectivity index (χ0v) is 12.0. The summed E-state index contributed by atoms with van der Waals surface area (Å²) in [6.45, 7) is 1.98. The lowest BCUT2D eigenvalue weighted by Crippen LogP contribution is -2.19. The normalized spacial score (nSPS) is 10.0. The molecule has 0 radical (unpaired) electrons. The smallest absolute Gasteiger partial charge is 0.379 e. The first-order chi connectivity index (χ1) is 9.58. The average Bonchev–Trinajstić information content (AvgIpc) is 2.46. The Morgan fingerprint density at radius 2 is 1.80 bits per heavy atom. The maximum Gasteiger partial charge on any atom is 0.379 e. The van der Waals surface area contributed by atoms with Gasteiger partial charge in [-0.15, -0.1) is 0 Å². The van der Waals surface area contributed by atoms with Crippen LogP contribution in [0.1, 0.15) is 22.8 Å². The molecular formula is C14H18O6. The first-order valence-corrected chi connectivity index (χ1v) is 6.04. The Morgan fingerprint density at radius 3 is 2.30 bits per heavy atom. The summed E-state index contributed by atoms with van der Waals surface area (Å²) in [6, 6.07) is 3.13. The van der Waals surface area contributed by atoms with E-state index in [9.17, 15) is 9.59 Å². The Balaban J connectivity index is 3.31. The molecule has 1 aromatic rings. The van der Waals surface area contributed by atoms with Crippen molar-refractivity contribution in [3.05, 3.63) is 23.3 Å². The molecule has 0 unspecified atom stereocenters. The van der Waals surface area contributed by atoms with Gasteiger partial charge in [0.2, 0.25) is 0 Å². The number of methoxy groups -OCH3 is 3. The van der Waals surface area contributed by atoms with E-state index in [1.165, 1.54) is 27.4 Å². The minimum atomic E-state index is -0.928. The largest absolute Gasteiger partial charge is 0.497 e. The summed E-state index contributed by atoms with van der Waals surface area (Å²) in [5, 5.41) is 0. The molecule has 1 aromatic carbocycles. The molecule has 0 atom stereocenters. The van der Waals surface area contributed by atoms with Gasteiger partial charge in [0.05, 0.1) is 33.0 Å². The maximum atomic E-state index is 12.1. The van der Waals surface area contributed by atoms with Crippen molar-refractivity contribution in [3.63, 3.8) is 0 Å². The number of ketones is 1. The van der Waals surface area contributed by atoms with Crippen LogP contribution in [0.5, 0.6) is 11.5 Å². The van der Waals surface area contributed by atoms with Gasteiger partial charge in [-0.3, -0.25) is 4.79 Å². The lowest BCUT2D eigenvalue weighted by Gasteiger charge is -2.14. The first-order valence-electron chi connectivity index (χ1n) is 6.04. The molecule has 1 rings (SSSR count). The summed E-state index contributed by atoms with van der Waals surface area (Å²) in [6.07, 6.45) is 0. The second-order valence-corrected chi connectivity index (χ2v) is 3.85. The minimum absolute atomic E-state index is 0.0948. The molecule has 0 bridgehead atoms. The number of Topliss-reactive ketones (excluding diaryl/α,β-unsaturated/α-hetero) is 1. The molecule has 0 saturated heterocycles. The van der Waals surface area contributed by atoms with E-state index in [0.717, 1.165) is 0 Å². The van der Waals surface area contributed by atoms with Crippen molar-refractivity contribution < 1.29 is 28.5 Å². The fourth-order valence-electron chi connectivity index (χ4n) is 1.76. The molecular weight excluding hydrogens is 264 g/mol. The molecule has 20 heavy (non-hydrogen) atoms. The van der Waals surface area contributed by atoms with Crippen LogP contribution in [0.15, 0.2) is 12.1 Å². The van der Waals surface area contributed by atoms with Gasteiger partial charge < -0.3 is 18.9 Å². The van der Waals surface area contributed by atoms with Gasteiger partial charge >= 0.3 is 5.97 Å². The van der Waals surface area contributed by atoms with Crippen LogP contribution in [0.25, 0.3) is 0 Å². The van der Waals surface area contributed by atoms with Crippen molar-refractivity contribution in [2.75, 3.05) is 27.9 Å². The predicted octanol–water partition coefficient (Wildman–Crippen LogP) is 1.60. The van der Waals surface area contributed by atoms with Crippen LogP contribution in [-0.4, -0.2) is 39.7 Å². The molecule has 0 aliphatic rings. The van der Waals surface area contributed by atoms with Gasteiger partial charge in [0.1, 0.15) is 11.5 Å². The van der Waals surface area contributed by atoms with Gasteiger partial charge in [-0.2, -0.15) is 0 Å². The van der Waals surface area contributed by atoms with Crippen molar-refractivity contribution in [2.24, 2.45) is 0 Å². The van der Waals surface area contributed by atoms with Crippen molar-refractivity contribution >= 4 is 11.8 Å². The summed E-state index contributed by atoms with van der Waals surface area (Å²) in [5.74, 6) is -0.987. The number of benzene rings is 1. The highest BCUT2D eigenvalue weighted by atomic mass is 16.5. The van der Waals surface area contributed by atoms with Crippen molar-refractivity contribution in [3.8, 4) is 11.5 Å². The van der Waals surface area contributed by atoms with E-state index in [2.05, 4.69) is 0 Å². The SMILES string of the molecule is CCOC(=O)C(=O)c1cc(OC)cc(COC)c1OC. The van der Waals surface area contributed by atoms with Crippen LogP contribution in [0, 0.1) is 0 Å². The quantitative estimate of drug-likeness (QED) is 0.430. The zero-order valence-electron chi connectivity index (χ0n) is 12.0. The minimum Gasteiger partial charge on any atom is -0.497 e. The number of esters is 1. The van der Waals surface area contributed by atoms with E-state index in [1.54, 1.807) is 13.0 Å². The van der Waals surface area contributed by atoms with Crippen LogP contribution >= 0.6 is 0 Å². The summed E-state index contributed by atoms with van der Waals surface area (Å²) in [4.78, 5) is 23.7. The molecule has 0 amide bonds. The molecule has 110 valence electrons. The highest BCUT2D eigenvalue weighted by molar-refractivity contribution is 6.41. The Labute approximate surface area is 117 Å². The molecule has 0 saturated carbocycles. The van der Waals surface area contributed by atoms with Gasteiger partial charge in [0.25, 0.3) is 5.78 Å². The highest BCUT2D eigenvalue weighted by Crippen LogP contribution is 2.30. The van der Waals surface area contributed by atoms with E-state index in [1.807, 2.05) is 0 Å². The number of ether oxygens (including phenoxy) is 4. The molecule has 0 spiro atoms. The summed E-state index contributed by atoms with van der Waals surface area (Å²) in [7, 11) is 4.41. The molecule has 0 aliphatic heterocycles. The number of hydrogen-bond donors (Lipinski definition) is 0. The Kier molecular flexibility index (Phi) is 5.99. The molecule has 6 heteroatoms. The second-order valence-electron chi connectivity index (χ2n) is 3.85. The third-order valence-corrected chi connectivity index (χ3v) is 2.58. The summed E-state index contributed by atoms with van der Waals surface area (Å²) < 4.78 is 20.1. The number of hydrogen-bond acceptors (Lipinski definition) is 6. The van der Waals surface area contributed by atoms with Gasteiger partial charge in [0.15, 0.2) is 0 Å². The Morgan fingerprint density at radius 1 is 1.10 bits per heavy atom. The van der Waals surface area contributed by atoms with Crippen LogP contribution in [-0.2, 0) is 20.9 Å². The van der Waals surface area contributed by atoms with Crippen LogP contribution in [0.2, 0.25) is 0 Å². The second kappa shape index (κ2) is 7.49. The van der Waals surface area contributed by atoms with Crippen molar-refractivity contribution in [2.45, 2.75) is 13.5 Å². The number of rotatable bonds is 7. The third kappa shape index (κ3) is 3.48. The van der Waals surface area contributed by atoms with Crippen LogP contribution < -0.4 is 9.47 Å². The molecule has 0 N–H and O–H groups in total. The monoisotopic (exact) mass is 282 g/mol. The third-order valence-electron chi connectivity index (χ3n) is 2.58. The van der Waals surface area contributed by atoms with E-state index >= 15 is 0 Å². The fourth-order valence-corrected chi connectivity index (χ4v) is 1.76. The van der Waals surface area contributed by atoms with Crippen LogP contribution in [0.3, 0.4) is 0 Å². The zero-order chi connectivity index (χ0) is 15.1. The molecule has 0 fully saturated rings. The van der Waals surface area contributed by atoms with E-state index < -0.39 is 11.8 Å². The van der Waals surface area contributed by atoms with E-state index in [4.69, 9.17) is 18.9 Å². The number of carbonyl (C=O) groups is 2. The van der Waals surface area contributed by atoms with E-state index in [0.29, 0.717) is 11.3 Å². The van der Waals surface area contributed by atoms with Crippen molar-refractivity contribution in [1.82, 2.24) is 0 Å².